The monoisotopic (exact) mass is 437 g/mol. The highest BCUT2D eigenvalue weighted by Gasteiger charge is 2.20. The second-order valence-electron chi connectivity index (χ2n) is 7.99. The van der Waals surface area contributed by atoms with Crippen LogP contribution in [0.15, 0.2) is 18.2 Å². The molecular formula is C21H32ClN5O3. The Labute approximate surface area is 183 Å². The smallest absolute Gasteiger partial charge is 0.243 e. The second-order valence-corrected chi connectivity index (χ2v) is 8.39. The van der Waals surface area contributed by atoms with Gasteiger partial charge in [0.15, 0.2) is 0 Å². The third kappa shape index (κ3) is 8.30. The topological polar surface area (TPSA) is 93.8 Å². The maximum absolute atomic E-state index is 12.2. The molecule has 3 N–H and O–H groups in total. The number of rotatable bonds is 9. The van der Waals surface area contributed by atoms with Gasteiger partial charge in [-0.25, -0.2) is 0 Å². The lowest BCUT2D eigenvalue weighted by Gasteiger charge is -2.33. The van der Waals surface area contributed by atoms with Crippen molar-refractivity contribution in [3.05, 3.63) is 28.8 Å². The maximum Gasteiger partial charge on any atom is 0.243 e. The highest BCUT2D eigenvalue weighted by atomic mass is 35.5. The minimum absolute atomic E-state index is 0.0378. The Morgan fingerprint density at radius 1 is 0.967 bits per heavy atom. The van der Waals surface area contributed by atoms with Gasteiger partial charge in [-0.1, -0.05) is 31.5 Å². The summed E-state index contributed by atoms with van der Waals surface area (Å²) in [7, 11) is 0. The standard InChI is InChI=1S/C21H32ClN5O3/c1-15(2)11-23-20(29)13-26-7-9-27(10-8-26)14-21(30)24-12-19(28)25-18-6-4-5-17(22)16(18)3/h4-6,15H,7-14H2,1-3H3,(H,23,29)(H,24,30)(H,25,28). The van der Waals surface area contributed by atoms with Crippen molar-refractivity contribution in [3.63, 3.8) is 0 Å². The molecule has 0 spiro atoms. The van der Waals surface area contributed by atoms with Gasteiger partial charge >= 0.3 is 0 Å². The number of carbonyl (C=O) groups is 3. The fraction of sp³-hybridized carbons (Fsp3) is 0.571. The summed E-state index contributed by atoms with van der Waals surface area (Å²) in [6.45, 7) is 10.0. The quantitative estimate of drug-likeness (QED) is 0.537. The number of nitrogens with one attached hydrogen (secondary N) is 3. The largest absolute Gasteiger partial charge is 0.355 e. The Morgan fingerprint density at radius 3 is 2.10 bits per heavy atom. The molecule has 2 rings (SSSR count). The number of hydrogen-bond donors (Lipinski definition) is 3. The van der Waals surface area contributed by atoms with Crippen LogP contribution in [0.5, 0.6) is 0 Å². The Hall–Kier alpha value is -2.16. The summed E-state index contributed by atoms with van der Waals surface area (Å²) in [5.74, 6) is -0.0289. The molecule has 1 aliphatic heterocycles. The van der Waals surface area contributed by atoms with E-state index in [1.54, 1.807) is 18.2 Å². The summed E-state index contributed by atoms with van der Waals surface area (Å²) in [6.07, 6.45) is 0. The zero-order valence-corrected chi connectivity index (χ0v) is 18.7. The van der Waals surface area contributed by atoms with Crippen molar-refractivity contribution in [2.75, 3.05) is 57.7 Å². The Balaban J connectivity index is 1.64. The third-order valence-electron chi connectivity index (χ3n) is 4.89. The molecule has 0 bridgehead atoms. The predicted octanol–water partition coefficient (Wildman–Crippen LogP) is 1.09. The van der Waals surface area contributed by atoms with Crippen LogP contribution in [0.2, 0.25) is 5.02 Å². The van der Waals surface area contributed by atoms with Crippen molar-refractivity contribution in [3.8, 4) is 0 Å². The van der Waals surface area contributed by atoms with Crippen LogP contribution >= 0.6 is 11.6 Å². The molecule has 1 aliphatic rings. The molecule has 0 saturated carbocycles. The van der Waals surface area contributed by atoms with E-state index in [1.165, 1.54) is 0 Å². The van der Waals surface area contributed by atoms with Crippen molar-refractivity contribution >= 4 is 35.0 Å². The van der Waals surface area contributed by atoms with Crippen LogP contribution in [0.25, 0.3) is 0 Å². The molecule has 1 aromatic rings. The summed E-state index contributed by atoms with van der Waals surface area (Å²) >= 11 is 6.05. The van der Waals surface area contributed by atoms with Gasteiger partial charge in [0.05, 0.1) is 19.6 Å². The summed E-state index contributed by atoms with van der Waals surface area (Å²) in [5, 5.41) is 8.90. The van der Waals surface area contributed by atoms with E-state index in [1.807, 2.05) is 11.8 Å². The van der Waals surface area contributed by atoms with Gasteiger partial charge in [-0.2, -0.15) is 0 Å². The summed E-state index contributed by atoms with van der Waals surface area (Å²) in [5.41, 5.74) is 1.42. The van der Waals surface area contributed by atoms with Crippen molar-refractivity contribution in [1.82, 2.24) is 20.4 Å². The van der Waals surface area contributed by atoms with Crippen LogP contribution in [0, 0.1) is 12.8 Å². The van der Waals surface area contributed by atoms with Crippen LogP contribution < -0.4 is 16.0 Å². The first-order valence-corrected chi connectivity index (χ1v) is 10.7. The minimum atomic E-state index is -0.300. The van der Waals surface area contributed by atoms with Gasteiger partial charge in [0.2, 0.25) is 17.7 Å². The summed E-state index contributed by atoms with van der Waals surface area (Å²) < 4.78 is 0. The van der Waals surface area contributed by atoms with Gasteiger partial charge in [0.25, 0.3) is 0 Å². The molecule has 0 unspecified atom stereocenters. The molecular weight excluding hydrogens is 406 g/mol. The SMILES string of the molecule is Cc1c(Cl)cccc1NC(=O)CNC(=O)CN1CCN(CC(=O)NCC(C)C)CC1. The zero-order valence-electron chi connectivity index (χ0n) is 18.0. The fourth-order valence-electron chi connectivity index (χ4n) is 3.06. The first-order chi connectivity index (χ1) is 14.2. The van der Waals surface area contributed by atoms with Crippen LogP contribution in [0.1, 0.15) is 19.4 Å². The van der Waals surface area contributed by atoms with E-state index in [2.05, 4.69) is 34.7 Å². The van der Waals surface area contributed by atoms with E-state index in [4.69, 9.17) is 11.6 Å². The number of benzene rings is 1. The number of hydrogen-bond acceptors (Lipinski definition) is 5. The van der Waals surface area contributed by atoms with Crippen molar-refractivity contribution in [2.24, 2.45) is 5.92 Å². The normalized spacial score (nSPS) is 15.1. The number of piperazine rings is 1. The predicted molar refractivity (Wildman–Crippen MR) is 119 cm³/mol. The number of carbonyl (C=O) groups excluding carboxylic acids is 3. The number of amides is 3. The molecule has 0 atom stereocenters. The molecule has 166 valence electrons. The lowest BCUT2D eigenvalue weighted by atomic mass is 10.2. The van der Waals surface area contributed by atoms with E-state index in [-0.39, 0.29) is 30.8 Å². The van der Waals surface area contributed by atoms with E-state index in [9.17, 15) is 14.4 Å². The molecule has 9 heteroatoms. The van der Waals surface area contributed by atoms with Crippen LogP contribution in [-0.4, -0.2) is 79.9 Å². The highest BCUT2D eigenvalue weighted by molar-refractivity contribution is 6.31. The summed E-state index contributed by atoms with van der Waals surface area (Å²) in [6, 6.07) is 5.28. The Kier molecular flexibility index (Phi) is 9.55. The minimum Gasteiger partial charge on any atom is -0.355 e. The second kappa shape index (κ2) is 11.9. The van der Waals surface area contributed by atoms with Gasteiger partial charge in [-0.3, -0.25) is 24.2 Å². The van der Waals surface area contributed by atoms with E-state index in [0.717, 1.165) is 18.7 Å². The van der Waals surface area contributed by atoms with E-state index >= 15 is 0 Å². The van der Waals surface area contributed by atoms with Crippen molar-refractivity contribution in [2.45, 2.75) is 20.8 Å². The number of anilines is 1. The first kappa shape index (κ1) is 24.1. The molecule has 0 aromatic heterocycles. The maximum atomic E-state index is 12.2. The average Bonchev–Trinajstić information content (AvgIpc) is 2.70. The Bertz CT molecular complexity index is 748. The molecule has 0 radical (unpaired) electrons. The molecule has 1 heterocycles. The van der Waals surface area contributed by atoms with Gasteiger partial charge in [-0.05, 0) is 30.5 Å². The Morgan fingerprint density at radius 2 is 1.53 bits per heavy atom. The fourth-order valence-corrected chi connectivity index (χ4v) is 3.23. The van der Waals surface area contributed by atoms with Gasteiger partial charge in [0.1, 0.15) is 0 Å². The van der Waals surface area contributed by atoms with Gasteiger partial charge in [-0.15, -0.1) is 0 Å². The molecule has 3 amide bonds. The molecule has 1 aromatic carbocycles. The highest BCUT2D eigenvalue weighted by Crippen LogP contribution is 2.22. The van der Waals surface area contributed by atoms with Crippen LogP contribution in [-0.2, 0) is 14.4 Å². The average molecular weight is 438 g/mol. The third-order valence-corrected chi connectivity index (χ3v) is 5.30. The van der Waals surface area contributed by atoms with E-state index in [0.29, 0.717) is 42.8 Å². The molecule has 30 heavy (non-hydrogen) atoms. The van der Waals surface area contributed by atoms with Crippen LogP contribution in [0.3, 0.4) is 0 Å². The number of halogens is 1. The zero-order chi connectivity index (χ0) is 22.1. The van der Waals surface area contributed by atoms with Gasteiger partial charge in [0, 0.05) is 43.4 Å². The van der Waals surface area contributed by atoms with Crippen LogP contribution in [0.4, 0.5) is 5.69 Å². The lowest BCUT2D eigenvalue weighted by molar-refractivity contribution is -0.126. The molecule has 1 saturated heterocycles. The first-order valence-electron chi connectivity index (χ1n) is 10.3. The lowest BCUT2D eigenvalue weighted by Crippen LogP contribution is -2.52. The van der Waals surface area contributed by atoms with Crippen molar-refractivity contribution in [1.29, 1.82) is 0 Å². The molecule has 1 fully saturated rings. The van der Waals surface area contributed by atoms with Crippen molar-refractivity contribution < 1.29 is 14.4 Å². The van der Waals surface area contributed by atoms with E-state index < -0.39 is 0 Å². The van der Waals surface area contributed by atoms with Gasteiger partial charge < -0.3 is 16.0 Å². The number of nitrogens with zero attached hydrogens (tertiary/aromatic N) is 2. The molecule has 0 aliphatic carbocycles. The molecule has 8 nitrogen and oxygen atoms in total. The summed E-state index contributed by atoms with van der Waals surface area (Å²) in [4.78, 5) is 40.3.